The highest BCUT2D eigenvalue weighted by atomic mass is 16.7. The van der Waals surface area contributed by atoms with Crippen LogP contribution in [-0.4, -0.2) is 24.2 Å². The molecule has 0 atom stereocenters. The standard InChI is InChI=1S/C17H17N3O3/c1-2-6-18-13-5-7-19-14(9-13)17(21)20-10-12-3-4-15-16(8-12)23-11-22-15/h2-5,7-9H,1,6,10-11H2,(H,18,19)(H,20,21). The molecule has 1 aromatic carbocycles. The van der Waals surface area contributed by atoms with Gasteiger partial charge < -0.3 is 20.1 Å². The largest absolute Gasteiger partial charge is 0.454 e. The summed E-state index contributed by atoms with van der Waals surface area (Å²) in [5, 5.41) is 5.97. The Labute approximate surface area is 134 Å². The first kappa shape index (κ1) is 14.9. The Morgan fingerprint density at radius 3 is 3.00 bits per heavy atom. The summed E-state index contributed by atoms with van der Waals surface area (Å²) in [5.74, 6) is 1.19. The third-order valence-corrected chi connectivity index (χ3v) is 3.33. The summed E-state index contributed by atoms with van der Waals surface area (Å²) in [6, 6.07) is 9.10. The highest BCUT2D eigenvalue weighted by molar-refractivity contribution is 5.93. The third-order valence-electron chi connectivity index (χ3n) is 3.33. The number of amides is 1. The maximum Gasteiger partial charge on any atom is 0.270 e. The quantitative estimate of drug-likeness (QED) is 0.801. The number of rotatable bonds is 6. The number of carbonyl (C=O) groups excluding carboxylic acids is 1. The van der Waals surface area contributed by atoms with Gasteiger partial charge in [0.2, 0.25) is 6.79 Å². The van der Waals surface area contributed by atoms with E-state index in [1.165, 1.54) is 0 Å². The second kappa shape index (κ2) is 6.83. The number of benzene rings is 1. The number of carbonyl (C=O) groups is 1. The van der Waals surface area contributed by atoms with Crippen LogP contribution in [0.5, 0.6) is 11.5 Å². The summed E-state index contributed by atoms with van der Waals surface area (Å²) in [6.45, 7) is 4.90. The Morgan fingerprint density at radius 1 is 1.26 bits per heavy atom. The molecule has 0 unspecified atom stereocenters. The highest BCUT2D eigenvalue weighted by Crippen LogP contribution is 2.32. The number of nitrogens with zero attached hydrogens (tertiary/aromatic N) is 1. The lowest BCUT2D eigenvalue weighted by molar-refractivity contribution is 0.0946. The zero-order valence-electron chi connectivity index (χ0n) is 12.5. The first-order valence-electron chi connectivity index (χ1n) is 7.24. The van der Waals surface area contributed by atoms with Crippen LogP contribution in [0.1, 0.15) is 16.1 Å². The van der Waals surface area contributed by atoms with E-state index < -0.39 is 0 Å². The van der Waals surface area contributed by atoms with Gasteiger partial charge in [-0.3, -0.25) is 9.78 Å². The van der Waals surface area contributed by atoms with E-state index in [0.717, 1.165) is 17.0 Å². The van der Waals surface area contributed by atoms with E-state index >= 15 is 0 Å². The lowest BCUT2D eigenvalue weighted by Crippen LogP contribution is -2.23. The van der Waals surface area contributed by atoms with Gasteiger partial charge in [0.1, 0.15) is 5.69 Å². The number of pyridine rings is 1. The molecule has 1 aromatic heterocycles. The van der Waals surface area contributed by atoms with Gasteiger partial charge in [-0.05, 0) is 29.8 Å². The second-order valence-electron chi connectivity index (χ2n) is 4.97. The van der Waals surface area contributed by atoms with Gasteiger partial charge in [0.05, 0.1) is 0 Å². The summed E-state index contributed by atoms with van der Waals surface area (Å²) in [6.07, 6.45) is 3.35. The van der Waals surface area contributed by atoms with Crippen molar-refractivity contribution in [3.05, 3.63) is 60.4 Å². The molecule has 1 aliphatic heterocycles. The molecule has 1 amide bonds. The molecule has 6 heteroatoms. The summed E-state index contributed by atoms with van der Waals surface area (Å²) < 4.78 is 10.6. The molecule has 0 saturated heterocycles. The average Bonchev–Trinajstić information content (AvgIpc) is 3.05. The van der Waals surface area contributed by atoms with Crippen molar-refractivity contribution in [2.24, 2.45) is 0 Å². The number of hydrogen-bond donors (Lipinski definition) is 2. The molecule has 118 valence electrons. The lowest BCUT2D eigenvalue weighted by Gasteiger charge is -2.08. The van der Waals surface area contributed by atoms with Gasteiger partial charge in [0.15, 0.2) is 11.5 Å². The zero-order valence-corrected chi connectivity index (χ0v) is 12.5. The Bertz CT molecular complexity index is 731. The Kier molecular flexibility index (Phi) is 4.42. The van der Waals surface area contributed by atoms with Crippen LogP contribution >= 0.6 is 0 Å². The van der Waals surface area contributed by atoms with Crippen LogP contribution in [0.2, 0.25) is 0 Å². The molecule has 2 aromatic rings. The molecule has 2 heterocycles. The topological polar surface area (TPSA) is 72.5 Å². The summed E-state index contributed by atoms with van der Waals surface area (Å²) >= 11 is 0. The van der Waals surface area contributed by atoms with Gasteiger partial charge >= 0.3 is 0 Å². The molecule has 1 aliphatic rings. The smallest absolute Gasteiger partial charge is 0.270 e. The maximum absolute atomic E-state index is 12.2. The molecule has 0 saturated carbocycles. The van der Waals surface area contributed by atoms with Crippen molar-refractivity contribution in [2.75, 3.05) is 18.7 Å². The monoisotopic (exact) mass is 311 g/mol. The molecule has 0 radical (unpaired) electrons. The van der Waals surface area contributed by atoms with Crippen LogP contribution in [0.3, 0.4) is 0 Å². The Morgan fingerprint density at radius 2 is 2.13 bits per heavy atom. The number of aromatic nitrogens is 1. The normalized spacial score (nSPS) is 11.8. The highest BCUT2D eigenvalue weighted by Gasteiger charge is 2.14. The van der Waals surface area contributed by atoms with E-state index in [0.29, 0.717) is 24.5 Å². The SMILES string of the molecule is C=CCNc1ccnc(C(=O)NCc2ccc3c(c2)OCO3)c1. The van der Waals surface area contributed by atoms with Gasteiger partial charge in [-0.15, -0.1) is 6.58 Å². The molecule has 0 fully saturated rings. The van der Waals surface area contributed by atoms with Gasteiger partial charge in [-0.1, -0.05) is 12.1 Å². The molecular formula is C17H17N3O3. The molecule has 23 heavy (non-hydrogen) atoms. The van der Waals surface area contributed by atoms with E-state index in [9.17, 15) is 4.79 Å². The Balaban J connectivity index is 1.62. The summed E-state index contributed by atoms with van der Waals surface area (Å²) in [4.78, 5) is 16.3. The molecule has 0 spiro atoms. The van der Waals surface area contributed by atoms with Crippen molar-refractivity contribution in [2.45, 2.75) is 6.54 Å². The molecule has 0 bridgehead atoms. The fourth-order valence-electron chi connectivity index (χ4n) is 2.18. The molecular weight excluding hydrogens is 294 g/mol. The zero-order chi connectivity index (χ0) is 16.1. The van der Waals surface area contributed by atoms with E-state index in [1.807, 2.05) is 18.2 Å². The van der Waals surface area contributed by atoms with Crippen molar-refractivity contribution in [1.82, 2.24) is 10.3 Å². The van der Waals surface area contributed by atoms with Gasteiger partial charge in [-0.2, -0.15) is 0 Å². The van der Waals surface area contributed by atoms with E-state index in [1.54, 1.807) is 24.4 Å². The van der Waals surface area contributed by atoms with Crippen LogP contribution in [0, 0.1) is 0 Å². The molecule has 6 nitrogen and oxygen atoms in total. The van der Waals surface area contributed by atoms with Gasteiger partial charge in [-0.25, -0.2) is 0 Å². The van der Waals surface area contributed by atoms with Gasteiger partial charge in [0, 0.05) is 25.0 Å². The van der Waals surface area contributed by atoms with Crippen LogP contribution in [0.15, 0.2) is 49.2 Å². The van der Waals surface area contributed by atoms with Crippen molar-refractivity contribution in [3.63, 3.8) is 0 Å². The van der Waals surface area contributed by atoms with Crippen molar-refractivity contribution >= 4 is 11.6 Å². The van der Waals surface area contributed by atoms with Crippen LogP contribution < -0.4 is 20.1 Å². The minimum absolute atomic E-state index is 0.232. The predicted molar refractivity (Wildman–Crippen MR) is 86.7 cm³/mol. The average molecular weight is 311 g/mol. The van der Waals surface area contributed by atoms with E-state index in [-0.39, 0.29) is 12.7 Å². The number of nitrogens with one attached hydrogen (secondary N) is 2. The molecule has 3 rings (SSSR count). The minimum atomic E-state index is -0.232. The van der Waals surface area contributed by atoms with Crippen molar-refractivity contribution < 1.29 is 14.3 Å². The fraction of sp³-hybridized carbons (Fsp3) is 0.176. The first-order valence-corrected chi connectivity index (χ1v) is 7.24. The van der Waals surface area contributed by atoms with Crippen LogP contribution in [0.4, 0.5) is 5.69 Å². The van der Waals surface area contributed by atoms with Crippen molar-refractivity contribution in [1.29, 1.82) is 0 Å². The minimum Gasteiger partial charge on any atom is -0.454 e. The van der Waals surface area contributed by atoms with E-state index in [2.05, 4.69) is 22.2 Å². The van der Waals surface area contributed by atoms with Crippen molar-refractivity contribution in [3.8, 4) is 11.5 Å². The maximum atomic E-state index is 12.2. The van der Waals surface area contributed by atoms with Crippen LogP contribution in [-0.2, 0) is 6.54 Å². The lowest BCUT2D eigenvalue weighted by atomic mass is 10.2. The van der Waals surface area contributed by atoms with Crippen LogP contribution in [0.25, 0.3) is 0 Å². The number of anilines is 1. The number of ether oxygens (including phenoxy) is 2. The Hall–Kier alpha value is -3.02. The van der Waals surface area contributed by atoms with E-state index in [4.69, 9.17) is 9.47 Å². The fourth-order valence-corrected chi connectivity index (χ4v) is 2.18. The molecule has 2 N–H and O–H groups in total. The summed E-state index contributed by atoms with van der Waals surface area (Å²) in [5.41, 5.74) is 2.12. The third kappa shape index (κ3) is 3.60. The molecule has 0 aliphatic carbocycles. The second-order valence-corrected chi connectivity index (χ2v) is 4.97. The number of fused-ring (bicyclic) bond motifs is 1. The number of hydrogen-bond acceptors (Lipinski definition) is 5. The predicted octanol–water partition coefficient (Wildman–Crippen LogP) is 2.34. The first-order chi connectivity index (χ1) is 11.3. The van der Waals surface area contributed by atoms with Gasteiger partial charge in [0.25, 0.3) is 5.91 Å². The summed E-state index contributed by atoms with van der Waals surface area (Å²) in [7, 11) is 0.